The Hall–Kier alpha value is -6.90. The average molecular weight is 2320 g/mol. The second kappa shape index (κ2) is 44.7. The van der Waals surface area contributed by atoms with Crippen molar-refractivity contribution in [1.82, 2.24) is 86.8 Å². The summed E-state index contributed by atoms with van der Waals surface area (Å²) in [7, 11) is 1.08. The van der Waals surface area contributed by atoms with Crippen molar-refractivity contribution in [3.63, 3.8) is 0 Å². The lowest BCUT2D eigenvalue weighted by Gasteiger charge is -2.28. The molecule has 9 aromatic rings. The fourth-order valence-corrected chi connectivity index (χ4v) is 26.7. The van der Waals surface area contributed by atoms with Gasteiger partial charge in [-0.1, -0.05) is 19.2 Å². The van der Waals surface area contributed by atoms with Gasteiger partial charge in [0.15, 0.2) is 22.3 Å². The number of anilines is 3. The van der Waals surface area contributed by atoms with Crippen LogP contribution in [0, 0.1) is 34.6 Å². The van der Waals surface area contributed by atoms with Crippen LogP contribution in [0.1, 0.15) is 130 Å². The summed E-state index contributed by atoms with van der Waals surface area (Å²) in [6, 6.07) is 0. The molecule has 0 aromatic carbocycles. The molecule has 0 radical (unpaired) electrons. The maximum atomic E-state index is 14.9. The summed E-state index contributed by atoms with van der Waals surface area (Å²) in [6.45, 7) is -27.9. The Balaban J connectivity index is 0.617. The largest absolute Gasteiger partial charge is 0.386 e. The minimum Gasteiger partial charge on any atom is -0.383 e. The van der Waals surface area contributed by atoms with Gasteiger partial charge in [0.05, 0.1) is 95.0 Å². The lowest BCUT2D eigenvalue weighted by Crippen LogP contribution is -2.33. The van der Waals surface area contributed by atoms with Crippen LogP contribution in [-0.2, 0) is 172 Å². The molecule has 9 aromatic heterocycles. The zero-order chi connectivity index (χ0) is 105. The minimum absolute atomic E-state index is 0.0106. The average Bonchev–Trinajstić information content (AvgIpc) is 1.64. The topological polar surface area (TPSA) is 792 Å². The standard InChI is InChI=1S/C72H96N21O39P7S7/c1-8-34-35(9-48(119-34)87-16-29(2)57(73)78-68(87)100)127-134(106,141)113-22-43-37(11-50(121-43)89-18-31(4)61(95)84-70(89)102)130-137(109,144)117-25-46-41(15-54(124-46)93-28-77-56-59(93)80-67(75)82-65(56)99)132-139(111,146)118-26-47-40(14-53(125-47)92-27-76-55-58(92)79-66(74)81-64(55)98)131-138(110,145)116-24-45-39(13-52(123-45)91-20-33(6)63(97)86-72(91)104)129-136(108,143)115-23-44-38(12-51(122-44)90-19-32(5)62(96)85-71(90)103)128-135(107,142)114-21-42-36(126-133(105,140)112-7)10-49(120-42)88-17-30(3)60(94)83-69(88)101/h16-20,27-28,34-54H,8-15,21-26H2,1-7H3,(H,105,140)(H,106,141)(H,107,142)(H,108,143)(H,109,144)(H,110,145)(H,111,146)(H2,73,78,100)(H,83,94,101)(H,84,95,102)(H,85,96,103)(H,86,97,104)(H3,74,79,81,98)(H3,75,80,82,99)/t34-,35?,36?,37?,38?,39?,40?,41?,42-,43-,44-,45-,46-,47-,48-,49-,50-,51-,52-,53-,54-,133?,134?,135?,136?,137?,138?,139?/m1/s1. The van der Waals surface area contributed by atoms with Gasteiger partial charge in [-0.2, -0.15) is 15.0 Å². The minimum atomic E-state index is -4.83. The van der Waals surface area contributed by atoms with Gasteiger partial charge in [-0.3, -0.25) is 99.7 Å². The summed E-state index contributed by atoms with van der Waals surface area (Å²) >= 11 is 37.5. The molecule has 16 heterocycles. The number of nitrogens with two attached hydrogens (primary N) is 3. The number of H-pyrrole nitrogens is 6. The number of nitrogens with one attached hydrogen (secondary N) is 6. The molecule has 0 aliphatic carbocycles. The van der Waals surface area contributed by atoms with Crippen molar-refractivity contribution in [3.05, 3.63) is 186 Å². The Bertz CT molecular complexity index is 7590. The van der Waals surface area contributed by atoms with E-state index in [9.17, 15) is 86.7 Å². The predicted octanol–water partition coefficient (Wildman–Crippen LogP) is 0.203. The van der Waals surface area contributed by atoms with Gasteiger partial charge in [0, 0.05) is 111 Å². The molecule has 0 spiro atoms. The molecular weight excluding hydrogens is 2220 g/mol. The van der Waals surface area contributed by atoms with Gasteiger partial charge in [0.1, 0.15) is 92.1 Å². The van der Waals surface area contributed by atoms with Crippen LogP contribution >= 0.6 is 59.4 Å². The predicted molar refractivity (Wildman–Crippen MR) is 529 cm³/mol. The van der Waals surface area contributed by atoms with Crippen LogP contribution in [0.25, 0.3) is 22.3 Å². The van der Waals surface area contributed by atoms with Crippen LogP contribution < -0.4 is 79.0 Å². The van der Waals surface area contributed by atoms with E-state index in [2.05, 4.69) is 67.1 Å². The molecular formula is C72H96N21O39P7S7. The second-order valence-electron chi connectivity index (χ2n) is 34.2. The Labute approximate surface area is 853 Å². The number of aryl methyl sites for hydroxylation is 5. The van der Waals surface area contributed by atoms with Crippen molar-refractivity contribution in [2.24, 2.45) is 0 Å². The summed E-state index contributed by atoms with van der Waals surface area (Å²) in [5.41, 5.74) is 9.01. The van der Waals surface area contributed by atoms with Crippen LogP contribution in [0.5, 0.6) is 0 Å². The monoisotopic (exact) mass is 2320 g/mol. The lowest BCUT2D eigenvalue weighted by molar-refractivity contribution is -0.0572. The van der Waals surface area contributed by atoms with Gasteiger partial charge in [-0.15, -0.1) is 0 Å². The molecule has 146 heavy (non-hydrogen) atoms. The van der Waals surface area contributed by atoms with Gasteiger partial charge < -0.3 is 134 Å². The summed E-state index contributed by atoms with van der Waals surface area (Å²) in [6.07, 6.45) is -21.4. The van der Waals surface area contributed by atoms with E-state index in [1.807, 2.05) is 0 Å². The Morgan fingerprint density at radius 1 is 0.356 bits per heavy atom. The molecule has 14 unspecified atom stereocenters. The number of aromatic amines is 6. The molecule has 16 rings (SSSR count). The third-order valence-electron chi connectivity index (χ3n) is 24.0. The molecule has 18 N–H and O–H groups in total. The van der Waals surface area contributed by atoms with E-state index in [1.165, 1.54) is 72.5 Å². The zero-order valence-corrected chi connectivity index (χ0v) is 88.9. The molecule has 0 bridgehead atoms. The van der Waals surface area contributed by atoms with E-state index < -0.39 is 284 Å². The first-order valence-electron chi connectivity index (χ1n) is 43.7. The van der Waals surface area contributed by atoms with Gasteiger partial charge >= 0.3 is 75.6 Å². The fourth-order valence-electron chi connectivity index (χ4n) is 16.9. The maximum absolute atomic E-state index is 14.9. The fraction of sp³-hybridized carbons (Fsp3) is 0.583. The van der Waals surface area contributed by atoms with Crippen LogP contribution in [0.15, 0.2) is 96.4 Å². The molecule has 0 saturated carbocycles. The summed E-state index contributed by atoms with van der Waals surface area (Å²) in [5.74, 6) is -0.683. The van der Waals surface area contributed by atoms with E-state index in [0.29, 0.717) is 12.0 Å². The molecule has 7 aliphatic heterocycles. The van der Waals surface area contributed by atoms with Gasteiger partial charge in [-0.25, -0.2) is 38.5 Å². The summed E-state index contributed by atoms with van der Waals surface area (Å²) in [4.78, 5) is 248. The number of aromatic nitrogens is 18. The van der Waals surface area contributed by atoms with Crippen molar-refractivity contribution >= 4 is 170 Å². The van der Waals surface area contributed by atoms with Crippen molar-refractivity contribution < 1.29 is 130 Å². The molecule has 800 valence electrons. The van der Waals surface area contributed by atoms with Gasteiger partial charge in [0.25, 0.3) is 33.4 Å². The van der Waals surface area contributed by atoms with Crippen molar-refractivity contribution in [3.8, 4) is 0 Å². The quantitative estimate of drug-likeness (QED) is 0.0180. The number of hydrogen-bond acceptors (Lipinski definition) is 47. The molecule has 0 amide bonds. The molecule has 7 fully saturated rings. The summed E-state index contributed by atoms with van der Waals surface area (Å²) in [5, 5.41) is 0. The molecule has 74 heteroatoms. The van der Waals surface area contributed by atoms with Crippen LogP contribution in [0.4, 0.5) is 17.7 Å². The number of rotatable bonds is 41. The first-order valence-corrected chi connectivity index (χ1v) is 62.0. The number of nitrogens with zero attached hydrogens (tertiary/aromatic N) is 12. The highest BCUT2D eigenvalue weighted by molar-refractivity contribution is 8.44. The van der Waals surface area contributed by atoms with Crippen LogP contribution in [0.2, 0.25) is 0 Å². The number of fused-ring (bicyclic) bond motifs is 2. The second-order valence-corrected chi connectivity index (χ2v) is 53.9. The number of imidazole rings is 2. The number of hydrogen-bond donors (Lipinski definition) is 16. The molecule has 60 nitrogen and oxygen atoms in total. The number of thiol groups is 1. The first-order chi connectivity index (χ1) is 68.5. The molecule has 7 saturated heterocycles. The smallest absolute Gasteiger partial charge is 0.383 e. The zero-order valence-electron chi connectivity index (χ0n) is 76.8. The first kappa shape index (κ1) is 112. The van der Waals surface area contributed by atoms with Crippen LogP contribution in [-0.4, -0.2) is 248 Å². The highest BCUT2D eigenvalue weighted by atomic mass is 32.7. The SMILES string of the molecule is CC[C@H]1O[C@@H](n2cc(C)c(N)nc2=O)CC1OP(O)(=S)OC[C@H]1O[C@@H](n2cc(C)c(=O)[nH]c2=O)CC1OP(=O)(S)OC[C@H]1O[C@@H](n2cnc3c(=O)[nH]c(N)nc32)CC1OP(O)(=S)OC[C@H]1O[C@@H](n2cnc3c(=O)[nH]c(N)nc32)CC1OP(O)(=S)OC[C@H]1O[C@@H](n2cc(C)c(=O)[nH]c2=O)CC1OP(O)(=S)OC[C@H]1O[C@@H](n2cc(C)c(=O)[nH]c2=O)CC1OP(O)(=S)OC[C@H]1O[C@@H](n2cc(C)c(=O)[nH]c2=O)CC1OP(O)(=S)OC. The Morgan fingerprint density at radius 3 is 0.890 bits per heavy atom. The van der Waals surface area contributed by atoms with Crippen molar-refractivity contribution in [2.75, 3.05) is 64.0 Å². The number of ether oxygens (including phenoxy) is 7. The third kappa shape index (κ3) is 26.2. The van der Waals surface area contributed by atoms with E-state index in [4.69, 9.17) is 185 Å². The van der Waals surface area contributed by atoms with Gasteiger partial charge in [-0.05, 0) is 112 Å². The van der Waals surface area contributed by atoms with Crippen molar-refractivity contribution in [1.29, 1.82) is 0 Å². The van der Waals surface area contributed by atoms with Crippen LogP contribution in [0.3, 0.4) is 0 Å². The van der Waals surface area contributed by atoms with E-state index in [0.717, 1.165) is 37.9 Å². The Kier molecular flexibility index (Phi) is 34.2. The van der Waals surface area contributed by atoms with E-state index >= 15 is 0 Å². The Morgan fingerprint density at radius 2 is 0.603 bits per heavy atom. The highest BCUT2D eigenvalue weighted by Gasteiger charge is 2.52. The van der Waals surface area contributed by atoms with Gasteiger partial charge in [0.2, 0.25) is 11.9 Å². The third-order valence-corrected chi connectivity index (χ3v) is 35.3. The lowest BCUT2D eigenvalue weighted by atomic mass is 10.1. The van der Waals surface area contributed by atoms with E-state index in [1.54, 1.807) is 13.8 Å². The van der Waals surface area contributed by atoms with Crippen molar-refractivity contribution in [2.45, 2.75) is 222 Å². The summed E-state index contributed by atoms with van der Waals surface area (Å²) < 4.78 is 150. The highest BCUT2D eigenvalue weighted by Crippen LogP contribution is 2.60. The maximum Gasteiger partial charge on any atom is 0.386 e. The molecule has 7 aliphatic rings. The normalized spacial score (nSPS) is 29.4. The molecule has 28 atom stereocenters. The van der Waals surface area contributed by atoms with E-state index in [-0.39, 0.29) is 101 Å². The number of nitrogen functional groups attached to an aromatic ring is 3.